The zero-order chi connectivity index (χ0) is 13.8. The molecule has 1 atom stereocenters. The number of fused-ring (bicyclic) bond motifs is 1. The Hall–Kier alpha value is -1.82. The van der Waals surface area contributed by atoms with Gasteiger partial charge in [-0.2, -0.15) is 0 Å². The van der Waals surface area contributed by atoms with Crippen LogP contribution in [0.2, 0.25) is 0 Å². The maximum Gasteiger partial charge on any atom is 0.315 e. The second kappa shape index (κ2) is 5.88. The van der Waals surface area contributed by atoms with Crippen LogP contribution in [0.4, 0.5) is 0 Å². The van der Waals surface area contributed by atoms with Crippen LogP contribution in [-0.4, -0.2) is 28.8 Å². The lowest BCUT2D eigenvalue weighted by Gasteiger charge is -2.10. The van der Waals surface area contributed by atoms with Crippen molar-refractivity contribution in [3.8, 4) is 0 Å². The number of hydrogen-bond donors (Lipinski definition) is 1. The molecule has 0 saturated carbocycles. The van der Waals surface area contributed by atoms with Gasteiger partial charge in [-0.1, -0.05) is 12.1 Å². The summed E-state index contributed by atoms with van der Waals surface area (Å²) < 4.78 is 4.58. The predicted molar refractivity (Wildman–Crippen MR) is 75.3 cm³/mol. The van der Waals surface area contributed by atoms with Crippen LogP contribution in [0, 0.1) is 0 Å². The van der Waals surface area contributed by atoms with E-state index in [2.05, 4.69) is 14.7 Å². The van der Waals surface area contributed by atoms with Crippen molar-refractivity contribution in [2.45, 2.75) is 12.2 Å². The Morgan fingerprint density at radius 2 is 2.21 bits per heavy atom. The highest BCUT2D eigenvalue weighted by molar-refractivity contribution is 8.00. The molecular formula is C13H14N2O3S. The number of ether oxygens (including phenoxy) is 1. The molecule has 2 rings (SSSR count). The molecule has 0 aliphatic rings. The maximum absolute atomic E-state index is 11.9. The van der Waals surface area contributed by atoms with Crippen LogP contribution >= 0.6 is 11.8 Å². The number of para-hydroxylation sites is 1. The van der Waals surface area contributed by atoms with Gasteiger partial charge in [0.05, 0.1) is 29.0 Å². The lowest BCUT2D eigenvalue weighted by atomic mass is 10.2. The summed E-state index contributed by atoms with van der Waals surface area (Å²) in [5, 5.41) is 0.479. The van der Waals surface area contributed by atoms with Crippen LogP contribution in [-0.2, 0) is 9.53 Å². The SMILES string of the molecule is COC(=O)CS[C@@H](C)c1nc2ccccc2c(=O)[nH]1. The van der Waals surface area contributed by atoms with E-state index in [0.29, 0.717) is 16.7 Å². The van der Waals surface area contributed by atoms with Gasteiger partial charge in [0, 0.05) is 0 Å². The van der Waals surface area contributed by atoms with Gasteiger partial charge in [-0.25, -0.2) is 4.98 Å². The molecule has 1 heterocycles. The minimum atomic E-state index is -0.292. The zero-order valence-electron chi connectivity index (χ0n) is 10.7. The predicted octanol–water partition coefficient (Wildman–Crippen LogP) is 1.89. The summed E-state index contributed by atoms with van der Waals surface area (Å²) in [7, 11) is 1.35. The van der Waals surface area contributed by atoms with E-state index in [1.165, 1.54) is 18.9 Å². The highest BCUT2D eigenvalue weighted by Crippen LogP contribution is 2.25. The number of aromatic nitrogens is 2. The Balaban J connectivity index is 2.25. The molecule has 0 saturated heterocycles. The number of benzene rings is 1. The third kappa shape index (κ3) is 3.14. The standard InChI is InChI=1S/C13H14N2O3S/c1-8(19-7-11(16)18-2)12-14-10-6-4-3-5-9(10)13(17)15-12/h3-6,8H,7H2,1-2H3,(H,14,15,17)/t8-/m0/s1. The number of nitrogens with one attached hydrogen (secondary N) is 1. The van der Waals surface area contributed by atoms with Gasteiger partial charge in [-0.05, 0) is 19.1 Å². The topological polar surface area (TPSA) is 72.0 Å². The van der Waals surface area contributed by atoms with E-state index in [0.717, 1.165) is 0 Å². The summed E-state index contributed by atoms with van der Waals surface area (Å²) in [4.78, 5) is 30.2. The van der Waals surface area contributed by atoms with Gasteiger partial charge in [-0.15, -0.1) is 11.8 Å². The van der Waals surface area contributed by atoms with E-state index in [1.54, 1.807) is 18.2 Å². The Morgan fingerprint density at radius 1 is 1.47 bits per heavy atom. The molecule has 1 aromatic carbocycles. The first-order valence-corrected chi connectivity index (χ1v) is 6.84. The molecule has 0 spiro atoms. The van der Waals surface area contributed by atoms with Crippen molar-refractivity contribution in [3.05, 3.63) is 40.4 Å². The fourth-order valence-electron chi connectivity index (χ4n) is 1.63. The van der Waals surface area contributed by atoms with E-state index in [1.807, 2.05) is 13.0 Å². The van der Waals surface area contributed by atoms with E-state index in [9.17, 15) is 9.59 Å². The molecule has 1 aromatic heterocycles. The van der Waals surface area contributed by atoms with Gasteiger partial charge >= 0.3 is 5.97 Å². The van der Waals surface area contributed by atoms with Crippen molar-refractivity contribution < 1.29 is 9.53 Å². The minimum Gasteiger partial charge on any atom is -0.468 e. The third-order valence-corrected chi connectivity index (χ3v) is 3.82. The Morgan fingerprint density at radius 3 is 2.95 bits per heavy atom. The van der Waals surface area contributed by atoms with Gasteiger partial charge in [0.2, 0.25) is 0 Å². The number of thioether (sulfide) groups is 1. The van der Waals surface area contributed by atoms with Crippen LogP contribution < -0.4 is 5.56 Å². The second-order valence-corrected chi connectivity index (χ2v) is 5.33. The Bertz CT molecular complexity index is 654. The van der Waals surface area contributed by atoms with Crippen molar-refractivity contribution in [2.24, 2.45) is 0 Å². The largest absolute Gasteiger partial charge is 0.468 e. The molecule has 5 nitrogen and oxygen atoms in total. The summed E-state index contributed by atoms with van der Waals surface area (Å²) in [6, 6.07) is 7.17. The third-order valence-electron chi connectivity index (χ3n) is 2.70. The van der Waals surface area contributed by atoms with E-state index in [-0.39, 0.29) is 22.5 Å². The Labute approximate surface area is 114 Å². The first kappa shape index (κ1) is 13.6. The molecule has 100 valence electrons. The molecule has 2 aromatic rings. The number of H-pyrrole nitrogens is 1. The van der Waals surface area contributed by atoms with Crippen molar-refractivity contribution in [2.75, 3.05) is 12.9 Å². The summed E-state index contributed by atoms with van der Waals surface area (Å²) in [5.41, 5.74) is 0.498. The quantitative estimate of drug-likeness (QED) is 0.865. The number of esters is 1. The Kier molecular flexibility index (Phi) is 4.21. The number of nitrogens with zero attached hydrogens (tertiary/aromatic N) is 1. The fourth-order valence-corrected chi connectivity index (χ4v) is 2.40. The van der Waals surface area contributed by atoms with Crippen LogP contribution in [0.5, 0.6) is 0 Å². The van der Waals surface area contributed by atoms with Crippen LogP contribution in [0.1, 0.15) is 18.0 Å². The molecule has 0 aliphatic heterocycles. The number of methoxy groups -OCH3 is 1. The van der Waals surface area contributed by atoms with Crippen LogP contribution in [0.15, 0.2) is 29.1 Å². The molecule has 0 unspecified atom stereocenters. The molecule has 0 aliphatic carbocycles. The van der Waals surface area contributed by atoms with E-state index in [4.69, 9.17) is 0 Å². The van der Waals surface area contributed by atoms with Crippen LogP contribution in [0.3, 0.4) is 0 Å². The van der Waals surface area contributed by atoms with Gasteiger partial charge in [0.15, 0.2) is 0 Å². The van der Waals surface area contributed by atoms with Crippen molar-refractivity contribution in [3.63, 3.8) is 0 Å². The number of carbonyl (C=O) groups is 1. The summed E-state index contributed by atoms with van der Waals surface area (Å²) >= 11 is 1.37. The molecular weight excluding hydrogens is 264 g/mol. The average Bonchev–Trinajstić information content (AvgIpc) is 2.44. The smallest absolute Gasteiger partial charge is 0.315 e. The summed E-state index contributed by atoms with van der Waals surface area (Å²) in [6.45, 7) is 1.89. The van der Waals surface area contributed by atoms with Gasteiger partial charge < -0.3 is 9.72 Å². The van der Waals surface area contributed by atoms with Crippen molar-refractivity contribution >= 4 is 28.6 Å². The number of aromatic amines is 1. The first-order chi connectivity index (χ1) is 9.11. The molecule has 0 amide bonds. The zero-order valence-corrected chi connectivity index (χ0v) is 11.5. The van der Waals surface area contributed by atoms with Crippen molar-refractivity contribution in [1.82, 2.24) is 9.97 Å². The van der Waals surface area contributed by atoms with Gasteiger partial charge in [-0.3, -0.25) is 9.59 Å². The highest BCUT2D eigenvalue weighted by Gasteiger charge is 2.13. The number of carbonyl (C=O) groups excluding carboxylic acids is 1. The minimum absolute atomic E-state index is 0.0867. The van der Waals surface area contributed by atoms with Crippen molar-refractivity contribution in [1.29, 1.82) is 0 Å². The highest BCUT2D eigenvalue weighted by atomic mass is 32.2. The van der Waals surface area contributed by atoms with E-state index < -0.39 is 0 Å². The van der Waals surface area contributed by atoms with E-state index >= 15 is 0 Å². The maximum atomic E-state index is 11.9. The van der Waals surface area contributed by atoms with Crippen LogP contribution in [0.25, 0.3) is 10.9 Å². The average molecular weight is 278 g/mol. The molecule has 0 bridgehead atoms. The monoisotopic (exact) mass is 278 g/mol. The normalized spacial score (nSPS) is 12.3. The fraction of sp³-hybridized carbons (Fsp3) is 0.308. The molecule has 6 heteroatoms. The van der Waals surface area contributed by atoms with Gasteiger partial charge in [0.1, 0.15) is 5.82 Å². The molecule has 0 radical (unpaired) electrons. The van der Waals surface area contributed by atoms with Gasteiger partial charge in [0.25, 0.3) is 5.56 Å². The molecule has 19 heavy (non-hydrogen) atoms. The molecule has 0 fully saturated rings. The first-order valence-electron chi connectivity index (χ1n) is 5.79. The number of hydrogen-bond acceptors (Lipinski definition) is 5. The lowest BCUT2D eigenvalue weighted by Crippen LogP contribution is -2.13. The lowest BCUT2D eigenvalue weighted by molar-refractivity contribution is -0.137. The number of rotatable bonds is 4. The summed E-state index contributed by atoms with van der Waals surface area (Å²) in [5.74, 6) is 0.506. The summed E-state index contributed by atoms with van der Waals surface area (Å²) in [6.07, 6.45) is 0. The second-order valence-electron chi connectivity index (χ2n) is 4.00. The molecule has 1 N–H and O–H groups in total.